The molecule has 8 nitrogen and oxygen atoms in total. The van der Waals surface area contributed by atoms with Crippen LogP contribution in [0.15, 0.2) is 48.7 Å². The SMILES string of the molecule is CC[C@H](C)Oc1ccc(-c2ccc(C(=O)N3CCC(c4ccc(N)nn4)CC3)cc2OC)cn1. The van der Waals surface area contributed by atoms with Gasteiger partial charge in [-0.2, -0.15) is 5.10 Å². The maximum atomic E-state index is 13.2. The fourth-order valence-corrected chi connectivity index (χ4v) is 4.09. The molecular formula is C26H31N5O3. The number of amides is 1. The van der Waals surface area contributed by atoms with E-state index in [1.165, 1.54) is 0 Å². The Labute approximate surface area is 200 Å². The van der Waals surface area contributed by atoms with E-state index in [2.05, 4.69) is 22.1 Å². The monoisotopic (exact) mass is 461 g/mol. The number of hydrogen-bond acceptors (Lipinski definition) is 7. The minimum absolute atomic E-state index is 0.00196. The number of benzene rings is 1. The van der Waals surface area contributed by atoms with E-state index in [4.69, 9.17) is 15.2 Å². The number of nitrogens with two attached hydrogens (primary N) is 1. The molecule has 1 aliphatic heterocycles. The van der Waals surface area contributed by atoms with Gasteiger partial charge in [-0.05, 0) is 62.6 Å². The first-order valence-electron chi connectivity index (χ1n) is 11.7. The zero-order valence-corrected chi connectivity index (χ0v) is 19.9. The number of aromatic nitrogens is 3. The molecule has 1 amide bonds. The Hall–Kier alpha value is -3.68. The zero-order chi connectivity index (χ0) is 24.1. The number of carbonyl (C=O) groups excluding carboxylic acids is 1. The van der Waals surface area contributed by atoms with Gasteiger partial charge in [0, 0.05) is 48.0 Å². The van der Waals surface area contributed by atoms with E-state index in [1.807, 2.05) is 42.2 Å². The molecule has 178 valence electrons. The first kappa shape index (κ1) is 23.5. The average Bonchev–Trinajstić information content (AvgIpc) is 2.89. The lowest BCUT2D eigenvalue weighted by Crippen LogP contribution is -2.38. The fourth-order valence-electron chi connectivity index (χ4n) is 4.09. The highest BCUT2D eigenvalue weighted by atomic mass is 16.5. The molecule has 3 aromatic rings. The van der Waals surface area contributed by atoms with Crippen LogP contribution >= 0.6 is 0 Å². The van der Waals surface area contributed by atoms with E-state index in [1.54, 1.807) is 25.4 Å². The van der Waals surface area contributed by atoms with Crippen molar-refractivity contribution in [3.8, 4) is 22.8 Å². The molecule has 1 fully saturated rings. The van der Waals surface area contributed by atoms with Crippen LogP contribution < -0.4 is 15.2 Å². The van der Waals surface area contributed by atoms with Gasteiger partial charge >= 0.3 is 0 Å². The lowest BCUT2D eigenvalue weighted by atomic mass is 9.93. The number of nitrogens with zero attached hydrogens (tertiary/aromatic N) is 4. The first-order valence-corrected chi connectivity index (χ1v) is 11.7. The summed E-state index contributed by atoms with van der Waals surface area (Å²) in [6, 6.07) is 13.1. The van der Waals surface area contributed by atoms with Gasteiger partial charge in [-0.25, -0.2) is 4.98 Å². The van der Waals surface area contributed by atoms with Crippen molar-refractivity contribution >= 4 is 11.7 Å². The Morgan fingerprint density at radius 2 is 1.94 bits per heavy atom. The minimum Gasteiger partial charge on any atom is -0.496 e. The Kier molecular flexibility index (Phi) is 7.25. The Morgan fingerprint density at radius 1 is 1.15 bits per heavy atom. The van der Waals surface area contributed by atoms with Crippen LogP contribution in [0.25, 0.3) is 11.1 Å². The zero-order valence-electron chi connectivity index (χ0n) is 19.9. The predicted octanol–water partition coefficient (Wildman–Crippen LogP) is 4.33. The van der Waals surface area contributed by atoms with Crippen LogP contribution in [0.3, 0.4) is 0 Å². The van der Waals surface area contributed by atoms with Gasteiger partial charge in [-0.15, -0.1) is 5.10 Å². The number of carbonyl (C=O) groups is 1. The number of nitrogen functional groups attached to an aromatic ring is 1. The highest BCUT2D eigenvalue weighted by molar-refractivity contribution is 5.95. The van der Waals surface area contributed by atoms with E-state index >= 15 is 0 Å². The van der Waals surface area contributed by atoms with Crippen molar-refractivity contribution in [1.82, 2.24) is 20.1 Å². The smallest absolute Gasteiger partial charge is 0.253 e. The van der Waals surface area contributed by atoms with Crippen molar-refractivity contribution in [3.05, 3.63) is 59.9 Å². The molecule has 3 heterocycles. The molecule has 0 aliphatic carbocycles. The van der Waals surface area contributed by atoms with Crippen LogP contribution in [0.4, 0.5) is 5.82 Å². The highest BCUT2D eigenvalue weighted by Gasteiger charge is 2.26. The molecule has 4 rings (SSSR count). The first-order chi connectivity index (χ1) is 16.5. The summed E-state index contributed by atoms with van der Waals surface area (Å²) in [7, 11) is 1.61. The molecule has 1 aromatic carbocycles. The number of hydrogen-bond donors (Lipinski definition) is 1. The maximum Gasteiger partial charge on any atom is 0.253 e. The minimum atomic E-state index is 0.00196. The molecule has 0 unspecified atom stereocenters. The summed E-state index contributed by atoms with van der Waals surface area (Å²) in [5.74, 6) is 1.93. The normalized spacial score (nSPS) is 15.1. The number of piperidine rings is 1. The molecule has 0 bridgehead atoms. The van der Waals surface area contributed by atoms with Gasteiger partial charge in [0.2, 0.25) is 5.88 Å². The van der Waals surface area contributed by atoms with Crippen molar-refractivity contribution in [2.24, 2.45) is 0 Å². The molecule has 8 heteroatoms. The number of methoxy groups -OCH3 is 1. The highest BCUT2D eigenvalue weighted by Crippen LogP contribution is 2.33. The number of anilines is 1. The summed E-state index contributed by atoms with van der Waals surface area (Å²) in [5.41, 5.74) is 8.95. The largest absolute Gasteiger partial charge is 0.496 e. The standard InChI is InChI=1S/C26H31N5O3/c1-4-17(2)34-25-10-6-20(16-28-25)21-7-5-19(15-23(21)33-3)26(32)31-13-11-18(12-14-31)22-8-9-24(27)30-29-22/h5-10,15-18H,4,11-14H2,1-3H3,(H2,27,30)/t17-/m0/s1. The van der Waals surface area contributed by atoms with Gasteiger partial charge in [-0.1, -0.05) is 6.92 Å². The van der Waals surface area contributed by atoms with Gasteiger partial charge < -0.3 is 20.1 Å². The van der Waals surface area contributed by atoms with Gasteiger partial charge in [0.1, 0.15) is 11.6 Å². The average molecular weight is 462 g/mol. The van der Waals surface area contributed by atoms with E-state index in [0.29, 0.717) is 36.1 Å². The summed E-state index contributed by atoms with van der Waals surface area (Å²) >= 11 is 0. The topological polar surface area (TPSA) is 103 Å². The van der Waals surface area contributed by atoms with Crippen molar-refractivity contribution in [2.75, 3.05) is 25.9 Å². The van der Waals surface area contributed by atoms with E-state index in [0.717, 1.165) is 36.1 Å². The second-order valence-electron chi connectivity index (χ2n) is 8.59. The van der Waals surface area contributed by atoms with Crippen molar-refractivity contribution < 1.29 is 14.3 Å². The Bertz CT molecular complexity index is 1110. The predicted molar refractivity (Wildman–Crippen MR) is 131 cm³/mol. The summed E-state index contributed by atoms with van der Waals surface area (Å²) in [6.07, 6.45) is 4.48. The molecule has 1 saturated heterocycles. The van der Waals surface area contributed by atoms with Gasteiger partial charge in [0.05, 0.1) is 18.9 Å². The third-order valence-electron chi connectivity index (χ3n) is 6.30. The van der Waals surface area contributed by atoms with E-state index in [9.17, 15) is 4.79 Å². The van der Waals surface area contributed by atoms with Crippen LogP contribution in [-0.2, 0) is 0 Å². The maximum absolute atomic E-state index is 13.2. The van der Waals surface area contributed by atoms with Gasteiger partial charge in [0.15, 0.2) is 0 Å². The molecule has 0 spiro atoms. The summed E-state index contributed by atoms with van der Waals surface area (Å²) in [5, 5.41) is 8.16. The third kappa shape index (κ3) is 5.27. The van der Waals surface area contributed by atoms with Crippen LogP contribution in [0.5, 0.6) is 11.6 Å². The fraction of sp³-hybridized carbons (Fsp3) is 0.385. The lowest BCUT2D eigenvalue weighted by molar-refractivity contribution is 0.0711. The molecular weight excluding hydrogens is 430 g/mol. The van der Waals surface area contributed by atoms with Crippen LogP contribution in [0.1, 0.15) is 55.1 Å². The molecule has 0 radical (unpaired) electrons. The van der Waals surface area contributed by atoms with E-state index in [-0.39, 0.29) is 17.9 Å². The Balaban J connectivity index is 1.44. The van der Waals surface area contributed by atoms with Crippen molar-refractivity contribution in [2.45, 2.75) is 45.1 Å². The number of likely N-dealkylation sites (tertiary alicyclic amines) is 1. The van der Waals surface area contributed by atoms with Crippen LogP contribution in [-0.4, -0.2) is 52.3 Å². The van der Waals surface area contributed by atoms with Crippen molar-refractivity contribution in [3.63, 3.8) is 0 Å². The lowest BCUT2D eigenvalue weighted by Gasteiger charge is -2.31. The molecule has 1 aliphatic rings. The molecule has 2 aromatic heterocycles. The quantitative estimate of drug-likeness (QED) is 0.559. The number of pyridine rings is 1. The number of rotatable bonds is 7. The number of ether oxygens (including phenoxy) is 2. The molecule has 1 atom stereocenters. The summed E-state index contributed by atoms with van der Waals surface area (Å²) < 4.78 is 11.4. The summed E-state index contributed by atoms with van der Waals surface area (Å²) in [6.45, 7) is 5.43. The van der Waals surface area contributed by atoms with Crippen LogP contribution in [0, 0.1) is 0 Å². The van der Waals surface area contributed by atoms with Gasteiger partial charge in [0.25, 0.3) is 5.91 Å². The van der Waals surface area contributed by atoms with Gasteiger partial charge in [-0.3, -0.25) is 4.79 Å². The second kappa shape index (κ2) is 10.5. The molecule has 2 N–H and O–H groups in total. The molecule has 34 heavy (non-hydrogen) atoms. The second-order valence-corrected chi connectivity index (χ2v) is 8.59. The van der Waals surface area contributed by atoms with E-state index < -0.39 is 0 Å². The van der Waals surface area contributed by atoms with Crippen LogP contribution in [0.2, 0.25) is 0 Å². The van der Waals surface area contributed by atoms with Crippen molar-refractivity contribution in [1.29, 1.82) is 0 Å². The third-order valence-corrected chi connectivity index (χ3v) is 6.30. The Morgan fingerprint density at radius 3 is 2.56 bits per heavy atom. The summed E-state index contributed by atoms with van der Waals surface area (Å²) in [4.78, 5) is 19.5. The molecule has 0 saturated carbocycles.